The van der Waals surface area contributed by atoms with E-state index in [9.17, 15) is 8.78 Å². The van der Waals surface area contributed by atoms with Crippen molar-refractivity contribution in [3.8, 4) is 0 Å². The Hall–Kier alpha value is -1.00. The summed E-state index contributed by atoms with van der Waals surface area (Å²) < 4.78 is 31.8. The monoisotopic (exact) mass is 213 g/mol. The van der Waals surface area contributed by atoms with Crippen molar-refractivity contribution in [3.63, 3.8) is 0 Å². The Kier molecular flexibility index (Phi) is 2.98. The van der Waals surface area contributed by atoms with Crippen LogP contribution in [-0.2, 0) is 4.74 Å². The predicted molar refractivity (Wildman–Crippen MR) is 52.3 cm³/mol. The Morgan fingerprint density at radius 3 is 2.87 bits per heavy atom. The number of halogens is 2. The molecule has 0 radical (unpaired) electrons. The third-order valence-corrected chi connectivity index (χ3v) is 2.65. The summed E-state index contributed by atoms with van der Waals surface area (Å²) >= 11 is 0. The third-order valence-electron chi connectivity index (χ3n) is 2.65. The van der Waals surface area contributed by atoms with E-state index in [4.69, 9.17) is 10.5 Å². The lowest BCUT2D eigenvalue weighted by atomic mass is 9.98. The zero-order valence-corrected chi connectivity index (χ0v) is 8.25. The molecule has 4 heteroatoms. The highest BCUT2D eigenvalue weighted by Crippen LogP contribution is 2.29. The summed E-state index contributed by atoms with van der Waals surface area (Å²) in [5.74, 6) is -1.66. The number of ether oxygens (including phenoxy) is 1. The Balaban J connectivity index is 2.24. The van der Waals surface area contributed by atoms with E-state index < -0.39 is 17.7 Å². The standard InChI is InChI=1S/C11H13F2NO/c12-9-3-1-2-8(11(9)13)10-6-7(14)4-5-15-10/h1-3,7,10H,4-6,14H2. The van der Waals surface area contributed by atoms with Crippen LogP contribution in [0.1, 0.15) is 24.5 Å². The number of rotatable bonds is 1. The molecule has 1 aliphatic heterocycles. The lowest BCUT2D eigenvalue weighted by molar-refractivity contribution is 0.00431. The normalized spacial score (nSPS) is 26.6. The van der Waals surface area contributed by atoms with Gasteiger partial charge in [-0.1, -0.05) is 12.1 Å². The number of benzene rings is 1. The minimum atomic E-state index is -0.838. The van der Waals surface area contributed by atoms with Crippen molar-refractivity contribution in [2.24, 2.45) is 5.73 Å². The maximum absolute atomic E-state index is 13.4. The van der Waals surface area contributed by atoms with Gasteiger partial charge in [-0.2, -0.15) is 0 Å². The molecular weight excluding hydrogens is 200 g/mol. The highest BCUT2D eigenvalue weighted by Gasteiger charge is 2.24. The van der Waals surface area contributed by atoms with Crippen molar-refractivity contribution in [2.45, 2.75) is 25.0 Å². The van der Waals surface area contributed by atoms with Crippen molar-refractivity contribution in [3.05, 3.63) is 35.4 Å². The van der Waals surface area contributed by atoms with E-state index in [0.29, 0.717) is 13.0 Å². The van der Waals surface area contributed by atoms with Crippen LogP contribution in [0.15, 0.2) is 18.2 Å². The molecule has 0 bridgehead atoms. The van der Waals surface area contributed by atoms with E-state index >= 15 is 0 Å². The molecule has 2 unspecified atom stereocenters. The minimum absolute atomic E-state index is 0.00594. The second-order valence-electron chi connectivity index (χ2n) is 3.79. The maximum atomic E-state index is 13.4. The van der Waals surface area contributed by atoms with Crippen molar-refractivity contribution in [2.75, 3.05) is 6.61 Å². The van der Waals surface area contributed by atoms with Crippen LogP contribution < -0.4 is 5.73 Å². The predicted octanol–water partition coefficient (Wildman–Crippen LogP) is 2.14. The van der Waals surface area contributed by atoms with E-state index in [1.807, 2.05) is 0 Å². The summed E-state index contributed by atoms with van der Waals surface area (Å²) in [6.07, 6.45) is 0.901. The third kappa shape index (κ3) is 2.16. The first kappa shape index (κ1) is 10.5. The molecule has 82 valence electrons. The molecule has 2 N–H and O–H groups in total. The van der Waals surface area contributed by atoms with Gasteiger partial charge in [0.05, 0.1) is 6.10 Å². The summed E-state index contributed by atoms with van der Waals surface area (Å²) in [7, 11) is 0. The minimum Gasteiger partial charge on any atom is -0.373 e. The van der Waals surface area contributed by atoms with Gasteiger partial charge in [-0.25, -0.2) is 8.78 Å². The molecule has 0 aliphatic carbocycles. The fourth-order valence-corrected chi connectivity index (χ4v) is 1.81. The van der Waals surface area contributed by atoms with E-state index in [1.54, 1.807) is 6.07 Å². The molecule has 2 nitrogen and oxygen atoms in total. The second-order valence-corrected chi connectivity index (χ2v) is 3.79. The van der Waals surface area contributed by atoms with E-state index in [-0.39, 0.29) is 11.6 Å². The molecule has 0 spiro atoms. The van der Waals surface area contributed by atoms with Crippen molar-refractivity contribution >= 4 is 0 Å². The van der Waals surface area contributed by atoms with Crippen LogP contribution in [0.4, 0.5) is 8.78 Å². The van der Waals surface area contributed by atoms with Crippen LogP contribution >= 0.6 is 0 Å². The van der Waals surface area contributed by atoms with Gasteiger partial charge >= 0.3 is 0 Å². The Bertz CT molecular complexity index is 356. The average molecular weight is 213 g/mol. The molecule has 1 fully saturated rings. The highest BCUT2D eigenvalue weighted by atomic mass is 19.2. The van der Waals surface area contributed by atoms with Crippen LogP contribution in [0.3, 0.4) is 0 Å². The van der Waals surface area contributed by atoms with Gasteiger partial charge in [0.2, 0.25) is 0 Å². The molecular formula is C11H13F2NO. The molecule has 2 atom stereocenters. The second kappa shape index (κ2) is 4.24. The quantitative estimate of drug-likeness (QED) is 0.775. The topological polar surface area (TPSA) is 35.2 Å². The smallest absolute Gasteiger partial charge is 0.164 e. The molecule has 2 rings (SSSR count). The summed E-state index contributed by atoms with van der Waals surface area (Å²) in [5.41, 5.74) is 6.02. The van der Waals surface area contributed by atoms with Gasteiger partial charge in [0, 0.05) is 18.2 Å². The van der Waals surface area contributed by atoms with E-state index in [0.717, 1.165) is 12.5 Å². The van der Waals surface area contributed by atoms with Crippen molar-refractivity contribution in [1.82, 2.24) is 0 Å². The van der Waals surface area contributed by atoms with E-state index in [1.165, 1.54) is 6.07 Å². The zero-order chi connectivity index (χ0) is 10.8. The summed E-state index contributed by atoms with van der Waals surface area (Å²) in [6.45, 7) is 0.502. The van der Waals surface area contributed by atoms with Crippen molar-refractivity contribution in [1.29, 1.82) is 0 Å². The average Bonchev–Trinajstić information content (AvgIpc) is 2.22. The lowest BCUT2D eigenvalue weighted by Gasteiger charge is -2.27. The molecule has 0 amide bonds. The Labute approximate surface area is 87.0 Å². The molecule has 0 saturated carbocycles. The zero-order valence-electron chi connectivity index (χ0n) is 8.25. The molecule has 1 saturated heterocycles. The largest absolute Gasteiger partial charge is 0.373 e. The molecule has 15 heavy (non-hydrogen) atoms. The maximum Gasteiger partial charge on any atom is 0.164 e. The lowest BCUT2D eigenvalue weighted by Crippen LogP contribution is -2.31. The first-order valence-corrected chi connectivity index (χ1v) is 4.99. The number of nitrogens with two attached hydrogens (primary N) is 1. The van der Waals surface area contributed by atoms with Gasteiger partial charge in [-0.3, -0.25) is 0 Å². The number of hydrogen-bond donors (Lipinski definition) is 1. The fourth-order valence-electron chi connectivity index (χ4n) is 1.81. The summed E-state index contributed by atoms with van der Waals surface area (Å²) in [5, 5.41) is 0. The first-order chi connectivity index (χ1) is 7.18. The van der Waals surface area contributed by atoms with Gasteiger partial charge in [0.15, 0.2) is 11.6 Å². The van der Waals surface area contributed by atoms with Crippen molar-refractivity contribution < 1.29 is 13.5 Å². The van der Waals surface area contributed by atoms with Gasteiger partial charge in [0.25, 0.3) is 0 Å². The summed E-state index contributed by atoms with van der Waals surface area (Å²) in [6, 6.07) is 4.13. The Morgan fingerprint density at radius 1 is 1.33 bits per heavy atom. The van der Waals surface area contributed by atoms with Gasteiger partial charge < -0.3 is 10.5 Å². The molecule has 1 aliphatic rings. The van der Waals surface area contributed by atoms with Crippen LogP contribution in [0.25, 0.3) is 0 Å². The Morgan fingerprint density at radius 2 is 2.13 bits per heavy atom. The molecule has 1 aromatic rings. The number of hydrogen-bond acceptors (Lipinski definition) is 2. The summed E-state index contributed by atoms with van der Waals surface area (Å²) in [4.78, 5) is 0. The van der Waals surface area contributed by atoms with Crippen LogP contribution in [0.5, 0.6) is 0 Å². The van der Waals surface area contributed by atoms with E-state index in [2.05, 4.69) is 0 Å². The van der Waals surface area contributed by atoms with Crippen LogP contribution in [0.2, 0.25) is 0 Å². The molecule has 1 aromatic carbocycles. The SMILES string of the molecule is NC1CCOC(c2cccc(F)c2F)C1. The van der Waals surface area contributed by atoms with Gasteiger partial charge in [-0.15, -0.1) is 0 Å². The first-order valence-electron chi connectivity index (χ1n) is 4.99. The van der Waals surface area contributed by atoms with Crippen LogP contribution in [-0.4, -0.2) is 12.6 Å². The highest BCUT2D eigenvalue weighted by molar-refractivity contribution is 5.22. The fraction of sp³-hybridized carbons (Fsp3) is 0.455. The molecule has 1 heterocycles. The van der Waals surface area contributed by atoms with Crippen LogP contribution in [0, 0.1) is 11.6 Å². The molecule has 0 aromatic heterocycles. The van der Waals surface area contributed by atoms with Gasteiger partial charge in [-0.05, 0) is 18.9 Å². The van der Waals surface area contributed by atoms with Gasteiger partial charge in [0.1, 0.15) is 0 Å².